The van der Waals surface area contributed by atoms with Crippen LogP contribution >= 0.6 is 23.2 Å². The SMILES string of the molecule is Cc1cc(Nc2cc(NC(=O)c3c(Cl)cc(CO)cc3Cl)ccn2)nc(C)n1. The van der Waals surface area contributed by atoms with E-state index in [2.05, 4.69) is 25.6 Å². The summed E-state index contributed by atoms with van der Waals surface area (Å²) in [6.07, 6.45) is 1.55. The zero-order chi connectivity index (χ0) is 20.3. The Morgan fingerprint density at radius 1 is 1.07 bits per heavy atom. The molecule has 3 N–H and O–H groups in total. The minimum Gasteiger partial charge on any atom is -0.392 e. The summed E-state index contributed by atoms with van der Waals surface area (Å²) in [5, 5.41) is 15.3. The molecule has 0 aliphatic heterocycles. The van der Waals surface area contributed by atoms with Crippen LogP contribution in [0.5, 0.6) is 0 Å². The van der Waals surface area contributed by atoms with E-state index in [1.807, 2.05) is 6.92 Å². The van der Waals surface area contributed by atoms with Crippen LogP contribution in [0.2, 0.25) is 10.0 Å². The van der Waals surface area contributed by atoms with Crippen molar-refractivity contribution in [3.63, 3.8) is 0 Å². The molecule has 0 aliphatic rings. The zero-order valence-electron chi connectivity index (χ0n) is 15.1. The van der Waals surface area contributed by atoms with Gasteiger partial charge in [-0.1, -0.05) is 23.2 Å². The van der Waals surface area contributed by atoms with Crippen molar-refractivity contribution in [2.24, 2.45) is 0 Å². The van der Waals surface area contributed by atoms with Gasteiger partial charge >= 0.3 is 0 Å². The van der Waals surface area contributed by atoms with Crippen molar-refractivity contribution >= 4 is 46.4 Å². The fourth-order valence-electron chi connectivity index (χ4n) is 2.62. The van der Waals surface area contributed by atoms with E-state index >= 15 is 0 Å². The smallest absolute Gasteiger partial charge is 0.258 e. The molecule has 144 valence electrons. The highest BCUT2D eigenvalue weighted by Crippen LogP contribution is 2.28. The quantitative estimate of drug-likeness (QED) is 0.572. The Kier molecular flexibility index (Phi) is 6.08. The zero-order valence-corrected chi connectivity index (χ0v) is 16.6. The van der Waals surface area contributed by atoms with Gasteiger partial charge in [0, 0.05) is 29.7 Å². The van der Waals surface area contributed by atoms with Crippen molar-refractivity contribution < 1.29 is 9.90 Å². The van der Waals surface area contributed by atoms with Crippen molar-refractivity contribution in [1.82, 2.24) is 15.0 Å². The number of aryl methyl sites for hydroxylation is 2. The van der Waals surface area contributed by atoms with Crippen LogP contribution < -0.4 is 10.6 Å². The second-order valence-electron chi connectivity index (χ2n) is 6.04. The highest BCUT2D eigenvalue weighted by molar-refractivity contribution is 6.40. The summed E-state index contributed by atoms with van der Waals surface area (Å²) < 4.78 is 0. The largest absolute Gasteiger partial charge is 0.392 e. The van der Waals surface area contributed by atoms with Gasteiger partial charge in [-0.2, -0.15) is 0 Å². The number of benzene rings is 1. The highest BCUT2D eigenvalue weighted by atomic mass is 35.5. The first-order chi connectivity index (χ1) is 13.4. The predicted molar refractivity (Wildman–Crippen MR) is 109 cm³/mol. The van der Waals surface area contributed by atoms with Crippen LogP contribution in [-0.4, -0.2) is 26.0 Å². The minimum absolute atomic E-state index is 0.133. The molecule has 3 aromatic rings. The molecule has 0 aliphatic carbocycles. The van der Waals surface area contributed by atoms with Crippen LogP contribution in [0.4, 0.5) is 17.3 Å². The molecule has 1 amide bonds. The summed E-state index contributed by atoms with van der Waals surface area (Å²) in [4.78, 5) is 25.4. The summed E-state index contributed by atoms with van der Waals surface area (Å²) in [6.45, 7) is 3.46. The van der Waals surface area contributed by atoms with Gasteiger partial charge in [0.1, 0.15) is 17.5 Å². The summed E-state index contributed by atoms with van der Waals surface area (Å²) >= 11 is 12.3. The number of carbonyl (C=O) groups excluding carboxylic acids is 1. The molecule has 0 unspecified atom stereocenters. The Bertz CT molecular complexity index is 999. The molecule has 2 heterocycles. The third-order valence-corrected chi connectivity index (χ3v) is 4.35. The fraction of sp³-hybridized carbons (Fsp3) is 0.158. The summed E-state index contributed by atoms with van der Waals surface area (Å²) in [5.41, 5.74) is 1.99. The van der Waals surface area contributed by atoms with Crippen molar-refractivity contribution in [1.29, 1.82) is 0 Å². The van der Waals surface area contributed by atoms with Gasteiger partial charge in [-0.3, -0.25) is 4.79 Å². The topological polar surface area (TPSA) is 100 Å². The lowest BCUT2D eigenvalue weighted by atomic mass is 10.1. The predicted octanol–water partition coefficient (Wildman–Crippen LogP) is 4.28. The van der Waals surface area contributed by atoms with E-state index in [1.54, 1.807) is 31.3 Å². The third-order valence-electron chi connectivity index (χ3n) is 3.75. The molecule has 9 heteroatoms. The maximum absolute atomic E-state index is 12.6. The Labute approximate surface area is 171 Å². The van der Waals surface area contributed by atoms with Crippen LogP contribution in [0, 0.1) is 13.8 Å². The number of anilines is 3. The number of halogens is 2. The lowest BCUT2D eigenvalue weighted by Gasteiger charge is -2.11. The maximum atomic E-state index is 12.6. The average molecular weight is 418 g/mol. The molecule has 1 aromatic carbocycles. The van der Waals surface area contributed by atoms with Gasteiger partial charge in [0.05, 0.1) is 22.2 Å². The lowest BCUT2D eigenvalue weighted by Crippen LogP contribution is -2.14. The molecular formula is C19H17Cl2N5O2. The Balaban J connectivity index is 1.80. The Morgan fingerprint density at radius 3 is 2.43 bits per heavy atom. The number of hydrogen-bond donors (Lipinski definition) is 3. The summed E-state index contributed by atoms with van der Waals surface area (Å²) in [7, 11) is 0. The molecule has 0 bridgehead atoms. The second kappa shape index (κ2) is 8.52. The van der Waals surface area contributed by atoms with Gasteiger partial charge in [0.15, 0.2) is 0 Å². The van der Waals surface area contributed by atoms with Crippen LogP contribution in [0.25, 0.3) is 0 Å². The number of nitrogens with one attached hydrogen (secondary N) is 2. The first-order valence-corrected chi connectivity index (χ1v) is 9.07. The van der Waals surface area contributed by atoms with Crippen LogP contribution in [-0.2, 0) is 6.61 Å². The van der Waals surface area contributed by atoms with Crippen LogP contribution in [0.15, 0.2) is 36.5 Å². The van der Waals surface area contributed by atoms with Crippen molar-refractivity contribution in [2.45, 2.75) is 20.5 Å². The molecule has 0 saturated carbocycles. The molecule has 0 fully saturated rings. The van der Waals surface area contributed by atoms with E-state index in [0.717, 1.165) is 5.69 Å². The molecule has 7 nitrogen and oxygen atoms in total. The number of nitrogens with zero attached hydrogens (tertiary/aromatic N) is 3. The minimum atomic E-state index is -0.467. The molecule has 0 saturated heterocycles. The van der Waals surface area contributed by atoms with Gasteiger partial charge in [-0.05, 0) is 37.6 Å². The molecule has 2 aromatic heterocycles. The number of pyridine rings is 1. The first-order valence-electron chi connectivity index (χ1n) is 8.31. The monoisotopic (exact) mass is 417 g/mol. The van der Waals surface area contributed by atoms with Crippen LogP contribution in [0.3, 0.4) is 0 Å². The molecule has 3 rings (SSSR count). The number of rotatable bonds is 5. The van der Waals surface area contributed by atoms with Gasteiger partial charge in [0.2, 0.25) is 0 Å². The van der Waals surface area contributed by atoms with Crippen molar-refractivity contribution in [3.05, 3.63) is 69.2 Å². The number of aliphatic hydroxyl groups is 1. The lowest BCUT2D eigenvalue weighted by molar-refractivity contribution is 0.102. The van der Waals surface area contributed by atoms with E-state index in [4.69, 9.17) is 23.2 Å². The Morgan fingerprint density at radius 2 is 1.79 bits per heavy atom. The summed E-state index contributed by atoms with van der Waals surface area (Å²) in [5.74, 6) is 1.28. The van der Waals surface area contributed by atoms with E-state index < -0.39 is 5.91 Å². The number of carbonyl (C=O) groups is 1. The summed E-state index contributed by atoms with van der Waals surface area (Å²) in [6, 6.07) is 8.10. The van der Waals surface area contributed by atoms with Crippen molar-refractivity contribution in [3.8, 4) is 0 Å². The number of amides is 1. The van der Waals surface area contributed by atoms with Crippen LogP contribution in [0.1, 0.15) is 27.4 Å². The van der Waals surface area contributed by atoms with Gasteiger partial charge in [-0.25, -0.2) is 15.0 Å². The van der Waals surface area contributed by atoms with E-state index in [9.17, 15) is 9.90 Å². The number of aliphatic hydroxyl groups excluding tert-OH is 1. The van der Waals surface area contributed by atoms with Gasteiger partial charge in [0.25, 0.3) is 5.91 Å². The number of hydrogen-bond acceptors (Lipinski definition) is 6. The molecular weight excluding hydrogens is 401 g/mol. The van der Waals surface area contributed by atoms with E-state index in [1.165, 1.54) is 12.1 Å². The van der Waals surface area contributed by atoms with Crippen molar-refractivity contribution in [2.75, 3.05) is 10.6 Å². The van der Waals surface area contributed by atoms with Gasteiger partial charge < -0.3 is 15.7 Å². The standard InChI is InChI=1S/C19H17Cl2N5O2/c1-10-5-17(24-11(2)23-10)26-16-8-13(3-4-22-16)25-19(28)18-14(20)6-12(9-27)7-15(18)21/h3-8,27H,9H2,1-2H3,(H2,22,23,24,25,26,28). The molecule has 0 radical (unpaired) electrons. The molecule has 0 spiro atoms. The normalized spacial score (nSPS) is 10.6. The third kappa shape index (κ3) is 4.75. The number of aromatic nitrogens is 3. The average Bonchev–Trinajstić information content (AvgIpc) is 2.60. The molecule has 0 atom stereocenters. The second-order valence-corrected chi connectivity index (χ2v) is 6.86. The highest BCUT2D eigenvalue weighted by Gasteiger charge is 2.16. The fourth-order valence-corrected chi connectivity index (χ4v) is 3.32. The first kappa shape index (κ1) is 20.0. The maximum Gasteiger partial charge on any atom is 0.258 e. The molecule has 28 heavy (non-hydrogen) atoms. The van der Waals surface area contributed by atoms with E-state index in [0.29, 0.717) is 28.7 Å². The Hall–Kier alpha value is -2.74. The van der Waals surface area contributed by atoms with Gasteiger partial charge in [-0.15, -0.1) is 0 Å². The van der Waals surface area contributed by atoms with E-state index in [-0.39, 0.29) is 22.2 Å².